The lowest BCUT2D eigenvalue weighted by molar-refractivity contribution is 0.469. The lowest BCUT2D eigenvalue weighted by atomic mass is 10.0. The zero-order valence-electron chi connectivity index (χ0n) is 11.1. The van der Waals surface area contributed by atoms with Crippen molar-refractivity contribution in [3.63, 3.8) is 0 Å². The molecule has 0 N–H and O–H groups in total. The zero-order chi connectivity index (χ0) is 13.8. The first-order valence-corrected chi connectivity index (χ1v) is 6.88. The van der Waals surface area contributed by atoms with Crippen molar-refractivity contribution in [1.82, 2.24) is 4.98 Å². The lowest BCUT2D eigenvalue weighted by Crippen LogP contribution is -1.90. The zero-order valence-corrected chi connectivity index (χ0v) is 12.3. The molecule has 1 aromatic carbocycles. The Balaban J connectivity index is 2.42. The van der Waals surface area contributed by atoms with E-state index in [9.17, 15) is 4.39 Å². The van der Waals surface area contributed by atoms with Gasteiger partial charge in [-0.3, -0.25) is 4.98 Å². The Hall–Kier alpha value is -1.53. The third-order valence-electron chi connectivity index (χ3n) is 2.98. The fourth-order valence-electron chi connectivity index (χ4n) is 1.97. The van der Waals surface area contributed by atoms with Gasteiger partial charge in [0.2, 0.25) is 0 Å². The van der Waals surface area contributed by atoms with Crippen LogP contribution < -0.4 is 0 Å². The van der Waals surface area contributed by atoms with Crippen LogP contribution >= 0.6 is 9.24 Å². The van der Waals surface area contributed by atoms with Crippen LogP contribution in [0.1, 0.15) is 29.7 Å². The summed E-state index contributed by atoms with van der Waals surface area (Å²) in [5, 5.41) is 0. The Morgan fingerprint density at radius 3 is 2.68 bits per heavy atom. The molecule has 2 unspecified atom stereocenters. The Kier molecular flexibility index (Phi) is 4.44. The van der Waals surface area contributed by atoms with Crippen LogP contribution in [0.25, 0.3) is 17.2 Å². The topological polar surface area (TPSA) is 12.9 Å². The van der Waals surface area contributed by atoms with Gasteiger partial charge < -0.3 is 0 Å². The molecule has 98 valence electrons. The second-order valence-corrected chi connectivity index (χ2v) is 5.04. The average molecular weight is 273 g/mol. The van der Waals surface area contributed by atoms with E-state index in [1.807, 2.05) is 50.4 Å². The van der Waals surface area contributed by atoms with Crippen LogP contribution in [-0.2, 0) is 0 Å². The maximum atomic E-state index is 13.3. The molecule has 1 aromatic heterocycles. The van der Waals surface area contributed by atoms with Crippen molar-refractivity contribution in [2.45, 2.75) is 19.8 Å². The SMILES string of the molecule is C/C=C\c1ncc(-c2cccc(C(F)P)c2)cc1C. The standard InChI is InChI=1S/C16H17FNP/c1-3-5-15-11(2)8-14(10-18-15)12-6-4-7-13(9-12)16(17)19/h3-10,16H,19H2,1-2H3/b5-3-. The van der Waals surface area contributed by atoms with E-state index in [0.717, 1.165) is 22.4 Å². The van der Waals surface area contributed by atoms with Crippen molar-refractivity contribution in [3.8, 4) is 11.1 Å². The van der Waals surface area contributed by atoms with Gasteiger partial charge in [-0.1, -0.05) is 33.5 Å². The third-order valence-corrected chi connectivity index (χ3v) is 3.37. The predicted molar refractivity (Wildman–Crippen MR) is 82.7 cm³/mol. The first-order chi connectivity index (χ1) is 9.11. The highest BCUT2D eigenvalue weighted by atomic mass is 31.0. The number of aryl methyl sites for hydroxylation is 1. The van der Waals surface area contributed by atoms with E-state index in [1.54, 1.807) is 6.07 Å². The molecule has 3 heteroatoms. The molecule has 19 heavy (non-hydrogen) atoms. The molecule has 0 aliphatic rings. The van der Waals surface area contributed by atoms with Crippen LogP contribution in [0.15, 0.2) is 42.6 Å². The van der Waals surface area contributed by atoms with Crippen molar-refractivity contribution in [3.05, 3.63) is 59.4 Å². The lowest BCUT2D eigenvalue weighted by Gasteiger charge is -2.08. The van der Waals surface area contributed by atoms with E-state index in [2.05, 4.69) is 20.3 Å². The fraction of sp³-hybridized carbons (Fsp3) is 0.188. The van der Waals surface area contributed by atoms with Gasteiger partial charge in [-0.25, -0.2) is 4.39 Å². The van der Waals surface area contributed by atoms with Gasteiger partial charge >= 0.3 is 0 Å². The summed E-state index contributed by atoms with van der Waals surface area (Å²) >= 11 is 0. The van der Waals surface area contributed by atoms with Gasteiger partial charge in [0.15, 0.2) is 0 Å². The van der Waals surface area contributed by atoms with Crippen LogP contribution in [0.2, 0.25) is 0 Å². The first-order valence-electron chi connectivity index (χ1n) is 6.21. The highest BCUT2D eigenvalue weighted by molar-refractivity contribution is 7.16. The maximum Gasteiger partial charge on any atom is 0.138 e. The minimum Gasteiger partial charge on any atom is -0.256 e. The van der Waals surface area contributed by atoms with Crippen LogP contribution in [0, 0.1) is 6.92 Å². The number of nitrogens with zero attached hydrogens (tertiary/aromatic N) is 1. The van der Waals surface area contributed by atoms with Gasteiger partial charge in [0, 0.05) is 11.8 Å². The molecule has 0 amide bonds. The number of rotatable bonds is 3. The minimum atomic E-state index is -1.03. The molecule has 0 radical (unpaired) electrons. The second kappa shape index (κ2) is 6.08. The maximum absolute atomic E-state index is 13.3. The molecule has 2 atom stereocenters. The number of hydrogen-bond donors (Lipinski definition) is 0. The summed E-state index contributed by atoms with van der Waals surface area (Å²) in [5.41, 5.74) is 4.75. The number of pyridine rings is 1. The Labute approximate surface area is 115 Å². The highest BCUT2D eigenvalue weighted by Gasteiger charge is 2.06. The summed E-state index contributed by atoms with van der Waals surface area (Å²) in [5.74, 6) is -1.03. The van der Waals surface area contributed by atoms with E-state index in [-0.39, 0.29) is 0 Å². The molecule has 0 spiro atoms. The van der Waals surface area contributed by atoms with Gasteiger partial charge in [-0.05, 0) is 48.7 Å². The molecule has 0 bridgehead atoms. The van der Waals surface area contributed by atoms with Gasteiger partial charge in [0.05, 0.1) is 5.69 Å². The minimum absolute atomic E-state index is 0.665. The summed E-state index contributed by atoms with van der Waals surface area (Å²) < 4.78 is 13.3. The Bertz CT molecular complexity index is 605. The van der Waals surface area contributed by atoms with Crippen molar-refractivity contribution in [2.24, 2.45) is 0 Å². The number of allylic oxidation sites excluding steroid dienone is 1. The van der Waals surface area contributed by atoms with Crippen molar-refractivity contribution in [2.75, 3.05) is 0 Å². The fourth-order valence-corrected chi connectivity index (χ4v) is 2.17. The molecular formula is C16H17FNP. The molecule has 2 aromatic rings. The van der Waals surface area contributed by atoms with E-state index >= 15 is 0 Å². The molecule has 0 aliphatic carbocycles. The van der Waals surface area contributed by atoms with Gasteiger partial charge in [-0.2, -0.15) is 0 Å². The van der Waals surface area contributed by atoms with Gasteiger partial charge in [0.1, 0.15) is 5.91 Å². The number of alkyl halides is 1. The number of aromatic nitrogens is 1. The summed E-state index contributed by atoms with van der Waals surface area (Å²) in [6.07, 6.45) is 5.78. The second-order valence-electron chi connectivity index (χ2n) is 4.45. The average Bonchev–Trinajstić information content (AvgIpc) is 2.41. The smallest absolute Gasteiger partial charge is 0.138 e. The van der Waals surface area contributed by atoms with E-state index < -0.39 is 5.91 Å². The third kappa shape index (κ3) is 3.27. The Morgan fingerprint density at radius 2 is 2.05 bits per heavy atom. The molecular weight excluding hydrogens is 256 g/mol. The summed E-state index contributed by atoms with van der Waals surface area (Å²) in [7, 11) is 2.17. The quantitative estimate of drug-likeness (QED) is 0.722. The molecule has 0 fully saturated rings. The monoisotopic (exact) mass is 273 g/mol. The molecule has 0 saturated carbocycles. The molecule has 1 nitrogen and oxygen atoms in total. The van der Waals surface area contributed by atoms with Gasteiger partial charge in [-0.15, -0.1) is 0 Å². The summed E-state index contributed by atoms with van der Waals surface area (Å²) in [6.45, 7) is 4.00. The van der Waals surface area contributed by atoms with Crippen LogP contribution in [0.3, 0.4) is 0 Å². The normalized spacial score (nSPS) is 12.8. The molecule has 0 aliphatic heterocycles. The Morgan fingerprint density at radius 1 is 1.26 bits per heavy atom. The summed E-state index contributed by atoms with van der Waals surface area (Å²) in [6, 6.07) is 9.58. The highest BCUT2D eigenvalue weighted by Crippen LogP contribution is 2.29. The van der Waals surface area contributed by atoms with E-state index in [1.165, 1.54) is 0 Å². The molecule has 1 heterocycles. The van der Waals surface area contributed by atoms with E-state index in [4.69, 9.17) is 0 Å². The number of benzene rings is 1. The van der Waals surface area contributed by atoms with E-state index in [0.29, 0.717) is 5.56 Å². The number of hydrogen-bond acceptors (Lipinski definition) is 1. The van der Waals surface area contributed by atoms with Crippen LogP contribution in [0.4, 0.5) is 4.39 Å². The largest absolute Gasteiger partial charge is 0.256 e. The van der Waals surface area contributed by atoms with Crippen LogP contribution in [-0.4, -0.2) is 4.98 Å². The van der Waals surface area contributed by atoms with Crippen molar-refractivity contribution in [1.29, 1.82) is 0 Å². The van der Waals surface area contributed by atoms with Crippen molar-refractivity contribution >= 4 is 15.3 Å². The van der Waals surface area contributed by atoms with Gasteiger partial charge in [0.25, 0.3) is 0 Å². The number of halogens is 1. The summed E-state index contributed by atoms with van der Waals surface area (Å²) in [4.78, 5) is 4.43. The first kappa shape index (κ1) is 13.9. The van der Waals surface area contributed by atoms with Crippen LogP contribution in [0.5, 0.6) is 0 Å². The van der Waals surface area contributed by atoms with Crippen molar-refractivity contribution < 1.29 is 4.39 Å². The predicted octanol–water partition coefficient (Wildman–Crippen LogP) is 4.93. The molecule has 0 saturated heterocycles. The molecule has 2 rings (SSSR count).